The van der Waals surface area contributed by atoms with E-state index in [2.05, 4.69) is 19.1 Å². The predicted octanol–water partition coefficient (Wildman–Crippen LogP) is 1.30. The van der Waals surface area contributed by atoms with Gasteiger partial charge in [0.2, 0.25) is 0 Å². The lowest BCUT2D eigenvalue weighted by molar-refractivity contribution is 0.510. The van der Waals surface area contributed by atoms with E-state index in [9.17, 15) is 0 Å². The van der Waals surface area contributed by atoms with E-state index in [-0.39, 0.29) is 0 Å². The van der Waals surface area contributed by atoms with Crippen LogP contribution in [0.5, 0.6) is 0 Å². The quantitative estimate of drug-likeness (QED) is 0.468. The Kier molecular flexibility index (Phi) is 1.69. The highest BCUT2D eigenvalue weighted by Gasteiger charge is 2.08. The largest absolute Gasteiger partial charge is 0.327 e. The summed E-state index contributed by atoms with van der Waals surface area (Å²) in [6, 6.07) is 0.426. The predicted molar refractivity (Wildman–Crippen MR) is 35.5 cm³/mol. The van der Waals surface area contributed by atoms with E-state index in [1.54, 1.807) is 0 Å². The molecule has 0 aliphatic heterocycles. The van der Waals surface area contributed by atoms with Gasteiger partial charge in [-0.2, -0.15) is 0 Å². The van der Waals surface area contributed by atoms with Gasteiger partial charge in [-0.3, -0.25) is 0 Å². The van der Waals surface area contributed by atoms with E-state index >= 15 is 0 Å². The van der Waals surface area contributed by atoms with E-state index in [0.717, 1.165) is 12.8 Å². The zero-order chi connectivity index (χ0) is 5.98. The number of allylic oxidation sites excluding steroid dienone is 1. The monoisotopic (exact) mass is 111 g/mol. The molecule has 1 rings (SSSR count). The summed E-state index contributed by atoms with van der Waals surface area (Å²) in [7, 11) is 0. The van der Waals surface area contributed by atoms with Crippen molar-refractivity contribution in [1.29, 1.82) is 0 Å². The van der Waals surface area contributed by atoms with E-state index < -0.39 is 0 Å². The average Bonchev–Trinajstić information content (AvgIpc) is 1.64. The van der Waals surface area contributed by atoms with Crippen LogP contribution in [0.15, 0.2) is 12.2 Å². The topological polar surface area (TPSA) is 26.0 Å². The van der Waals surface area contributed by atoms with Gasteiger partial charge in [-0.1, -0.05) is 19.1 Å². The van der Waals surface area contributed by atoms with Crippen LogP contribution in [0.4, 0.5) is 0 Å². The van der Waals surface area contributed by atoms with Gasteiger partial charge in [-0.25, -0.2) is 0 Å². The average molecular weight is 111 g/mol. The first-order valence-corrected chi connectivity index (χ1v) is 3.21. The molecule has 0 bridgehead atoms. The molecule has 1 aliphatic carbocycles. The normalized spacial score (nSPS) is 37.8. The van der Waals surface area contributed by atoms with Crippen LogP contribution in [0.1, 0.15) is 19.8 Å². The van der Waals surface area contributed by atoms with E-state index in [1.165, 1.54) is 0 Å². The Bertz CT molecular complexity index is 96.6. The molecule has 0 heterocycles. The molecule has 2 unspecified atom stereocenters. The Balaban J connectivity index is 2.42. The summed E-state index contributed by atoms with van der Waals surface area (Å²) in [4.78, 5) is 0. The molecule has 46 valence electrons. The molecule has 2 N–H and O–H groups in total. The lowest BCUT2D eigenvalue weighted by Gasteiger charge is -2.16. The van der Waals surface area contributed by atoms with Gasteiger partial charge in [0.15, 0.2) is 0 Å². The molecule has 0 aromatic rings. The van der Waals surface area contributed by atoms with Crippen LogP contribution in [0, 0.1) is 5.92 Å². The van der Waals surface area contributed by atoms with Gasteiger partial charge in [0.25, 0.3) is 0 Å². The van der Waals surface area contributed by atoms with Crippen molar-refractivity contribution in [3.63, 3.8) is 0 Å². The van der Waals surface area contributed by atoms with Crippen LogP contribution in [-0.2, 0) is 0 Å². The van der Waals surface area contributed by atoms with Crippen molar-refractivity contribution in [2.45, 2.75) is 25.8 Å². The lowest BCUT2D eigenvalue weighted by atomic mass is 9.94. The van der Waals surface area contributed by atoms with Crippen LogP contribution in [-0.4, -0.2) is 6.04 Å². The van der Waals surface area contributed by atoms with Crippen LogP contribution < -0.4 is 5.73 Å². The molecule has 1 aliphatic rings. The van der Waals surface area contributed by atoms with Gasteiger partial charge in [-0.15, -0.1) is 0 Å². The highest BCUT2D eigenvalue weighted by Crippen LogP contribution is 2.14. The fraction of sp³-hybridized carbons (Fsp3) is 0.714. The number of rotatable bonds is 0. The summed E-state index contributed by atoms with van der Waals surface area (Å²) in [5.74, 6) is 0.707. The Morgan fingerprint density at radius 2 is 2.38 bits per heavy atom. The summed E-state index contributed by atoms with van der Waals surface area (Å²) in [5, 5.41) is 0. The molecular weight excluding hydrogens is 98.1 g/mol. The molecule has 0 spiro atoms. The van der Waals surface area contributed by atoms with Crippen molar-refractivity contribution >= 4 is 0 Å². The Morgan fingerprint density at radius 3 is 2.75 bits per heavy atom. The second-order valence-electron chi connectivity index (χ2n) is 2.64. The molecule has 0 aromatic heterocycles. The third-order valence-corrected chi connectivity index (χ3v) is 1.58. The zero-order valence-corrected chi connectivity index (χ0v) is 5.30. The maximum Gasteiger partial charge on any atom is 0.00789 e. The second-order valence-corrected chi connectivity index (χ2v) is 2.64. The van der Waals surface area contributed by atoms with Crippen LogP contribution in [0.25, 0.3) is 0 Å². The lowest BCUT2D eigenvalue weighted by Crippen LogP contribution is -2.23. The Labute approximate surface area is 50.6 Å². The summed E-state index contributed by atoms with van der Waals surface area (Å²) in [6.07, 6.45) is 6.66. The minimum atomic E-state index is 0.426. The first kappa shape index (κ1) is 5.83. The van der Waals surface area contributed by atoms with Crippen LogP contribution in [0.2, 0.25) is 0 Å². The summed E-state index contributed by atoms with van der Waals surface area (Å²) in [6.45, 7) is 2.20. The summed E-state index contributed by atoms with van der Waals surface area (Å²) >= 11 is 0. The fourth-order valence-electron chi connectivity index (χ4n) is 1.14. The van der Waals surface area contributed by atoms with E-state index in [4.69, 9.17) is 5.73 Å². The third kappa shape index (κ3) is 1.34. The van der Waals surface area contributed by atoms with Crippen molar-refractivity contribution < 1.29 is 0 Å². The molecule has 8 heavy (non-hydrogen) atoms. The van der Waals surface area contributed by atoms with Crippen molar-refractivity contribution in [3.8, 4) is 0 Å². The van der Waals surface area contributed by atoms with Crippen LogP contribution >= 0.6 is 0 Å². The van der Waals surface area contributed by atoms with Gasteiger partial charge in [0.1, 0.15) is 0 Å². The van der Waals surface area contributed by atoms with Gasteiger partial charge in [-0.05, 0) is 18.8 Å². The van der Waals surface area contributed by atoms with Crippen molar-refractivity contribution in [2.75, 3.05) is 0 Å². The van der Waals surface area contributed by atoms with Crippen molar-refractivity contribution in [1.82, 2.24) is 0 Å². The first-order chi connectivity index (χ1) is 3.79. The molecule has 0 saturated carbocycles. The molecule has 0 radical (unpaired) electrons. The molecule has 2 atom stereocenters. The first-order valence-electron chi connectivity index (χ1n) is 3.21. The minimum Gasteiger partial charge on any atom is -0.327 e. The highest BCUT2D eigenvalue weighted by atomic mass is 14.6. The highest BCUT2D eigenvalue weighted by molar-refractivity contribution is 4.95. The standard InChI is InChI=1S/C7H13N/c1-6-3-2-4-7(8)5-6/h2-3,6-7H,4-5,8H2,1H3. The zero-order valence-electron chi connectivity index (χ0n) is 5.30. The van der Waals surface area contributed by atoms with Gasteiger partial charge < -0.3 is 5.73 Å². The Hall–Kier alpha value is -0.300. The molecular formula is C7H13N. The smallest absolute Gasteiger partial charge is 0.00789 e. The van der Waals surface area contributed by atoms with Gasteiger partial charge >= 0.3 is 0 Å². The molecule has 0 saturated heterocycles. The third-order valence-electron chi connectivity index (χ3n) is 1.58. The Morgan fingerprint density at radius 1 is 1.62 bits per heavy atom. The molecule has 1 nitrogen and oxygen atoms in total. The molecule has 1 heteroatoms. The van der Waals surface area contributed by atoms with E-state index in [1.807, 2.05) is 0 Å². The maximum atomic E-state index is 5.67. The van der Waals surface area contributed by atoms with Crippen molar-refractivity contribution in [3.05, 3.63) is 12.2 Å². The number of hydrogen-bond acceptors (Lipinski definition) is 1. The van der Waals surface area contributed by atoms with Gasteiger partial charge in [0.05, 0.1) is 0 Å². The summed E-state index contributed by atoms with van der Waals surface area (Å²) < 4.78 is 0. The maximum absolute atomic E-state index is 5.67. The summed E-state index contributed by atoms with van der Waals surface area (Å²) in [5.41, 5.74) is 5.67. The fourth-order valence-corrected chi connectivity index (χ4v) is 1.14. The van der Waals surface area contributed by atoms with E-state index in [0.29, 0.717) is 12.0 Å². The SMILES string of the molecule is CC1C=CCC(N)C1. The second kappa shape index (κ2) is 2.31. The van der Waals surface area contributed by atoms with Gasteiger partial charge in [0, 0.05) is 6.04 Å². The minimum absolute atomic E-state index is 0.426. The molecule has 0 amide bonds. The molecule has 0 fully saturated rings. The number of nitrogens with two attached hydrogens (primary N) is 1. The van der Waals surface area contributed by atoms with Crippen LogP contribution in [0.3, 0.4) is 0 Å². The number of hydrogen-bond donors (Lipinski definition) is 1. The molecule has 0 aromatic carbocycles. The van der Waals surface area contributed by atoms with Crippen molar-refractivity contribution in [2.24, 2.45) is 11.7 Å².